The van der Waals surface area contributed by atoms with E-state index in [2.05, 4.69) is 4.90 Å². The van der Waals surface area contributed by atoms with Gasteiger partial charge in [0.25, 0.3) is 5.78 Å². The van der Waals surface area contributed by atoms with Gasteiger partial charge in [-0.1, -0.05) is 11.6 Å². The van der Waals surface area contributed by atoms with Crippen LogP contribution in [0.15, 0.2) is 18.2 Å². The quantitative estimate of drug-likeness (QED) is 0.475. The molecule has 0 aromatic heterocycles. The Morgan fingerprint density at radius 2 is 2.00 bits per heavy atom. The van der Waals surface area contributed by atoms with Crippen molar-refractivity contribution in [3.8, 4) is 0 Å². The zero-order valence-corrected chi connectivity index (χ0v) is 11.8. The lowest BCUT2D eigenvalue weighted by Gasteiger charge is -2.30. The van der Waals surface area contributed by atoms with Gasteiger partial charge in [0, 0.05) is 18.8 Å². The number of Topliss-reactive ketones (excluding diaryl/α,β-unsaturated/α-hetero) is 1. The van der Waals surface area contributed by atoms with Gasteiger partial charge in [0.15, 0.2) is 0 Å². The summed E-state index contributed by atoms with van der Waals surface area (Å²) in [6.45, 7) is 6.46. The summed E-state index contributed by atoms with van der Waals surface area (Å²) in [6.07, 6.45) is 0. The maximum atomic E-state index is 12.2. The standard InChI is InChI=1S/C15H19NO4/c1-3-20-15(18)14(17)12-10-11(2)4-5-13(12)16-6-8-19-9-7-16/h4-5,10H,3,6-9H2,1-2H3. The molecule has 0 N–H and O–H groups in total. The first kappa shape index (κ1) is 14.5. The van der Waals surface area contributed by atoms with Crippen molar-refractivity contribution in [1.29, 1.82) is 0 Å². The lowest BCUT2D eigenvalue weighted by molar-refractivity contribution is -0.137. The van der Waals surface area contributed by atoms with Crippen molar-refractivity contribution in [2.75, 3.05) is 37.8 Å². The minimum absolute atomic E-state index is 0.198. The topological polar surface area (TPSA) is 55.8 Å². The normalized spacial score (nSPS) is 15.0. The monoisotopic (exact) mass is 277 g/mol. The molecule has 0 unspecified atom stereocenters. The van der Waals surface area contributed by atoms with Crippen LogP contribution in [-0.4, -0.2) is 44.7 Å². The number of carbonyl (C=O) groups excluding carboxylic acids is 2. The van der Waals surface area contributed by atoms with E-state index in [1.807, 2.05) is 19.1 Å². The van der Waals surface area contributed by atoms with Crippen LogP contribution in [0.1, 0.15) is 22.8 Å². The summed E-state index contributed by atoms with van der Waals surface area (Å²) in [5.74, 6) is -1.38. The summed E-state index contributed by atoms with van der Waals surface area (Å²) >= 11 is 0. The van der Waals surface area contributed by atoms with Crippen LogP contribution < -0.4 is 4.90 Å². The first-order valence-corrected chi connectivity index (χ1v) is 6.78. The molecule has 2 rings (SSSR count). The number of morpholine rings is 1. The summed E-state index contributed by atoms with van der Waals surface area (Å²) in [7, 11) is 0. The van der Waals surface area contributed by atoms with E-state index in [0.29, 0.717) is 31.9 Å². The Bertz CT molecular complexity index is 507. The van der Waals surface area contributed by atoms with Crippen molar-refractivity contribution in [1.82, 2.24) is 0 Å². The van der Waals surface area contributed by atoms with Crippen LogP contribution in [-0.2, 0) is 14.3 Å². The van der Waals surface area contributed by atoms with E-state index in [4.69, 9.17) is 9.47 Å². The van der Waals surface area contributed by atoms with Gasteiger partial charge in [-0.15, -0.1) is 0 Å². The van der Waals surface area contributed by atoms with Crippen LogP contribution in [0, 0.1) is 6.92 Å². The molecule has 1 aromatic rings. The summed E-state index contributed by atoms with van der Waals surface area (Å²) in [5.41, 5.74) is 2.12. The second kappa shape index (κ2) is 6.52. The van der Waals surface area contributed by atoms with Crippen LogP contribution in [0.25, 0.3) is 0 Å². The van der Waals surface area contributed by atoms with Crippen molar-refractivity contribution in [3.05, 3.63) is 29.3 Å². The number of ketones is 1. The Morgan fingerprint density at radius 1 is 1.30 bits per heavy atom. The van der Waals surface area contributed by atoms with Crippen LogP contribution in [0.5, 0.6) is 0 Å². The minimum atomic E-state index is -0.799. The average Bonchev–Trinajstić information content (AvgIpc) is 2.47. The number of nitrogens with zero attached hydrogens (tertiary/aromatic N) is 1. The Hall–Kier alpha value is -1.88. The molecule has 1 saturated heterocycles. The first-order valence-electron chi connectivity index (χ1n) is 6.78. The second-order valence-electron chi connectivity index (χ2n) is 4.67. The molecule has 5 heteroatoms. The highest BCUT2D eigenvalue weighted by molar-refractivity contribution is 6.41. The molecular formula is C15H19NO4. The van der Waals surface area contributed by atoms with Crippen LogP contribution in [0.4, 0.5) is 5.69 Å². The van der Waals surface area contributed by atoms with Gasteiger partial charge >= 0.3 is 5.97 Å². The minimum Gasteiger partial charge on any atom is -0.460 e. The third-order valence-electron chi connectivity index (χ3n) is 3.21. The number of hydrogen-bond donors (Lipinski definition) is 0. The third-order valence-corrected chi connectivity index (χ3v) is 3.21. The van der Waals surface area contributed by atoms with Gasteiger partial charge in [-0.05, 0) is 26.0 Å². The molecule has 1 aromatic carbocycles. The van der Waals surface area contributed by atoms with Gasteiger partial charge in [-0.3, -0.25) is 4.79 Å². The Balaban J connectivity index is 2.32. The van der Waals surface area contributed by atoms with Crippen molar-refractivity contribution < 1.29 is 19.1 Å². The van der Waals surface area contributed by atoms with E-state index in [-0.39, 0.29) is 6.61 Å². The van der Waals surface area contributed by atoms with E-state index in [9.17, 15) is 9.59 Å². The summed E-state index contributed by atoms with van der Waals surface area (Å²) in [4.78, 5) is 26.0. The molecule has 20 heavy (non-hydrogen) atoms. The average molecular weight is 277 g/mol. The largest absolute Gasteiger partial charge is 0.460 e. The van der Waals surface area contributed by atoms with E-state index in [1.54, 1.807) is 13.0 Å². The number of ether oxygens (including phenoxy) is 2. The number of aryl methyl sites for hydroxylation is 1. The molecule has 1 heterocycles. The summed E-state index contributed by atoms with van der Waals surface area (Å²) < 4.78 is 10.1. The lowest BCUT2D eigenvalue weighted by atomic mass is 10.0. The van der Waals surface area contributed by atoms with Crippen LogP contribution >= 0.6 is 0 Å². The van der Waals surface area contributed by atoms with Gasteiger partial charge < -0.3 is 14.4 Å². The molecule has 0 saturated carbocycles. The Morgan fingerprint density at radius 3 is 2.65 bits per heavy atom. The van der Waals surface area contributed by atoms with E-state index in [1.165, 1.54) is 0 Å². The number of esters is 1. The van der Waals surface area contributed by atoms with Crippen molar-refractivity contribution in [3.63, 3.8) is 0 Å². The number of hydrogen-bond acceptors (Lipinski definition) is 5. The van der Waals surface area contributed by atoms with Gasteiger partial charge in [0.05, 0.1) is 25.4 Å². The molecule has 0 spiro atoms. The maximum Gasteiger partial charge on any atom is 0.379 e. The molecule has 0 aliphatic carbocycles. The number of benzene rings is 1. The number of anilines is 1. The maximum absolute atomic E-state index is 12.2. The third kappa shape index (κ3) is 3.17. The molecule has 1 aliphatic rings. The lowest BCUT2D eigenvalue weighted by Crippen LogP contribution is -2.37. The van der Waals surface area contributed by atoms with E-state index < -0.39 is 11.8 Å². The molecule has 0 bridgehead atoms. The second-order valence-corrected chi connectivity index (χ2v) is 4.67. The van der Waals surface area contributed by atoms with E-state index >= 15 is 0 Å². The SMILES string of the molecule is CCOC(=O)C(=O)c1cc(C)ccc1N1CCOCC1. The highest BCUT2D eigenvalue weighted by Gasteiger charge is 2.24. The zero-order chi connectivity index (χ0) is 14.5. The molecule has 1 fully saturated rings. The van der Waals surface area contributed by atoms with Gasteiger partial charge in [-0.2, -0.15) is 0 Å². The number of rotatable bonds is 4. The fraction of sp³-hybridized carbons (Fsp3) is 0.467. The van der Waals surface area contributed by atoms with Crippen molar-refractivity contribution in [2.45, 2.75) is 13.8 Å². The van der Waals surface area contributed by atoms with Crippen LogP contribution in [0.2, 0.25) is 0 Å². The fourth-order valence-electron chi connectivity index (χ4n) is 2.22. The van der Waals surface area contributed by atoms with Gasteiger partial charge in [0.2, 0.25) is 0 Å². The predicted molar refractivity (Wildman–Crippen MR) is 75.2 cm³/mol. The summed E-state index contributed by atoms with van der Waals surface area (Å²) in [6, 6.07) is 5.56. The molecular weight excluding hydrogens is 258 g/mol. The first-order chi connectivity index (χ1) is 9.63. The Kier molecular flexibility index (Phi) is 4.74. The number of carbonyl (C=O) groups is 2. The Labute approximate surface area is 118 Å². The van der Waals surface area contributed by atoms with Crippen LogP contribution in [0.3, 0.4) is 0 Å². The molecule has 108 valence electrons. The van der Waals surface area contributed by atoms with E-state index in [0.717, 1.165) is 11.3 Å². The molecule has 0 atom stereocenters. The smallest absolute Gasteiger partial charge is 0.379 e. The highest BCUT2D eigenvalue weighted by Crippen LogP contribution is 2.24. The molecule has 0 amide bonds. The predicted octanol–water partition coefficient (Wildman–Crippen LogP) is 1.58. The molecule has 0 radical (unpaired) electrons. The molecule has 1 aliphatic heterocycles. The highest BCUT2D eigenvalue weighted by atomic mass is 16.5. The van der Waals surface area contributed by atoms with Gasteiger partial charge in [0.1, 0.15) is 0 Å². The molecule has 5 nitrogen and oxygen atoms in total. The van der Waals surface area contributed by atoms with Crippen molar-refractivity contribution in [2.24, 2.45) is 0 Å². The van der Waals surface area contributed by atoms with Crippen molar-refractivity contribution >= 4 is 17.4 Å². The van der Waals surface area contributed by atoms with Gasteiger partial charge in [-0.25, -0.2) is 4.79 Å². The fourth-order valence-corrected chi connectivity index (χ4v) is 2.22. The summed E-state index contributed by atoms with van der Waals surface area (Å²) in [5, 5.41) is 0. The zero-order valence-electron chi connectivity index (χ0n) is 11.8.